The molecule has 1 fully saturated rings. The summed E-state index contributed by atoms with van der Waals surface area (Å²) in [5.41, 5.74) is 7.22. The number of hydrogen-bond acceptors (Lipinski definition) is 6. The van der Waals surface area contributed by atoms with Gasteiger partial charge >= 0.3 is 6.18 Å². The van der Waals surface area contributed by atoms with Crippen molar-refractivity contribution in [3.05, 3.63) is 64.1 Å². The summed E-state index contributed by atoms with van der Waals surface area (Å²) in [5, 5.41) is 3.09. The molecule has 12 heteroatoms. The molecule has 1 amide bonds. The standard InChI is InChI=1S/C16H19N3O2.C6H6F3N3O/c1-12-14(4-3-5-17-12)13-10-15(16(20)18(2)11-13)19-6-8-21-9-7-19;1-12-3(5(10)13)2-4(11-12)6(7,8)9/h3-5,10-11H,6-9H2,1-2H3;2H,1H3,(H2,10,13). The molecular formula is C22H25F3N6O3. The molecule has 0 aromatic carbocycles. The van der Waals surface area contributed by atoms with Crippen LogP contribution in [0.25, 0.3) is 11.1 Å². The fourth-order valence-electron chi connectivity index (χ4n) is 3.50. The molecule has 1 saturated heterocycles. The predicted molar refractivity (Wildman–Crippen MR) is 119 cm³/mol. The molecule has 3 aromatic heterocycles. The summed E-state index contributed by atoms with van der Waals surface area (Å²) in [6.07, 6.45) is -0.897. The van der Waals surface area contributed by atoms with Gasteiger partial charge in [-0.1, -0.05) is 6.07 Å². The van der Waals surface area contributed by atoms with Crippen LogP contribution in [0.3, 0.4) is 0 Å². The maximum Gasteiger partial charge on any atom is 0.435 e. The zero-order chi connectivity index (χ0) is 25.0. The number of morpholine rings is 1. The number of rotatable bonds is 3. The molecule has 0 radical (unpaired) electrons. The summed E-state index contributed by atoms with van der Waals surface area (Å²) in [6, 6.07) is 6.53. The molecule has 3 aromatic rings. The fourth-order valence-corrected chi connectivity index (χ4v) is 3.50. The topological polar surface area (TPSA) is 108 Å². The number of carbonyl (C=O) groups is 1. The molecule has 4 rings (SSSR count). The van der Waals surface area contributed by atoms with E-state index in [0.29, 0.717) is 19.3 Å². The van der Waals surface area contributed by atoms with Crippen molar-refractivity contribution < 1.29 is 22.7 Å². The lowest BCUT2D eigenvalue weighted by molar-refractivity contribution is -0.141. The molecule has 182 valence electrons. The number of nitrogens with zero attached hydrogens (tertiary/aromatic N) is 5. The highest BCUT2D eigenvalue weighted by atomic mass is 19.4. The van der Waals surface area contributed by atoms with Gasteiger partial charge < -0.3 is 19.9 Å². The van der Waals surface area contributed by atoms with E-state index in [4.69, 9.17) is 10.5 Å². The normalized spacial score (nSPS) is 13.9. The number of amides is 1. The lowest BCUT2D eigenvalue weighted by Gasteiger charge is -2.28. The third kappa shape index (κ3) is 5.63. The smallest absolute Gasteiger partial charge is 0.378 e. The van der Waals surface area contributed by atoms with Gasteiger partial charge in [-0.15, -0.1) is 0 Å². The van der Waals surface area contributed by atoms with Gasteiger partial charge in [0.15, 0.2) is 5.69 Å². The molecule has 0 aliphatic carbocycles. The molecule has 0 atom stereocenters. The number of carbonyl (C=O) groups excluding carboxylic acids is 1. The second-order valence-corrected chi connectivity index (χ2v) is 7.67. The van der Waals surface area contributed by atoms with Crippen molar-refractivity contribution >= 4 is 11.6 Å². The number of pyridine rings is 2. The van der Waals surface area contributed by atoms with E-state index >= 15 is 0 Å². The Morgan fingerprint density at radius 3 is 2.38 bits per heavy atom. The van der Waals surface area contributed by atoms with Gasteiger partial charge in [0.2, 0.25) is 0 Å². The van der Waals surface area contributed by atoms with Crippen LogP contribution in [-0.2, 0) is 25.0 Å². The van der Waals surface area contributed by atoms with Crippen molar-refractivity contribution in [3.8, 4) is 11.1 Å². The summed E-state index contributed by atoms with van der Waals surface area (Å²) in [5.74, 6) is -0.939. The molecule has 0 spiro atoms. The van der Waals surface area contributed by atoms with E-state index < -0.39 is 17.8 Å². The van der Waals surface area contributed by atoms with Gasteiger partial charge in [0, 0.05) is 62.5 Å². The van der Waals surface area contributed by atoms with Gasteiger partial charge in [-0.2, -0.15) is 18.3 Å². The van der Waals surface area contributed by atoms with Crippen molar-refractivity contribution in [2.24, 2.45) is 19.8 Å². The third-order valence-electron chi connectivity index (χ3n) is 5.26. The zero-order valence-electron chi connectivity index (χ0n) is 19.0. The Morgan fingerprint density at radius 2 is 1.85 bits per heavy atom. The van der Waals surface area contributed by atoms with Gasteiger partial charge in [0.25, 0.3) is 11.5 Å². The molecule has 1 aliphatic rings. The Balaban J connectivity index is 0.000000215. The Hall–Kier alpha value is -3.67. The Labute approximate surface area is 193 Å². The highest BCUT2D eigenvalue weighted by molar-refractivity contribution is 5.91. The molecule has 2 N–H and O–H groups in total. The molecule has 1 aliphatic heterocycles. The van der Waals surface area contributed by atoms with Crippen LogP contribution in [-0.4, -0.2) is 51.5 Å². The van der Waals surface area contributed by atoms with E-state index in [1.54, 1.807) is 17.8 Å². The fraction of sp³-hybridized carbons (Fsp3) is 0.364. The van der Waals surface area contributed by atoms with Crippen LogP contribution in [0.1, 0.15) is 21.9 Å². The van der Waals surface area contributed by atoms with Crippen molar-refractivity contribution in [3.63, 3.8) is 0 Å². The zero-order valence-corrected chi connectivity index (χ0v) is 19.0. The van der Waals surface area contributed by atoms with Crippen molar-refractivity contribution in [2.45, 2.75) is 13.1 Å². The number of halogens is 3. The molecule has 9 nitrogen and oxygen atoms in total. The Kier molecular flexibility index (Phi) is 7.40. The lowest BCUT2D eigenvalue weighted by atomic mass is 10.1. The van der Waals surface area contributed by atoms with E-state index in [0.717, 1.165) is 40.3 Å². The van der Waals surface area contributed by atoms with Crippen LogP contribution in [0, 0.1) is 6.92 Å². The summed E-state index contributed by atoms with van der Waals surface area (Å²) >= 11 is 0. The third-order valence-corrected chi connectivity index (χ3v) is 5.26. The minimum absolute atomic E-state index is 0.0298. The number of nitrogens with two attached hydrogens (primary N) is 1. The van der Waals surface area contributed by atoms with E-state index in [2.05, 4.69) is 15.0 Å². The SMILES string of the molecule is Cc1ncccc1-c1cc(N2CCOCC2)c(=O)n(C)c1.Cn1nc(C(F)(F)F)cc1C(N)=O. The summed E-state index contributed by atoms with van der Waals surface area (Å²) in [4.78, 5) is 29.4. The van der Waals surface area contributed by atoms with Gasteiger partial charge in [0.1, 0.15) is 11.4 Å². The Morgan fingerprint density at radius 1 is 1.18 bits per heavy atom. The summed E-state index contributed by atoms with van der Waals surface area (Å²) < 4.78 is 43.9. The number of anilines is 1. The number of hydrogen-bond donors (Lipinski definition) is 1. The van der Waals surface area contributed by atoms with Crippen LogP contribution < -0.4 is 16.2 Å². The number of aromatic nitrogens is 4. The first-order valence-electron chi connectivity index (χ1n) is 10.4. The second kappa shape index (κ2) is 10.1. The number of alkyl halides is 3. The highest BCUT2D eigenvalue weighted by Gasteiger charge is 2.35. The number of primary amides is 1. The number of ether oxygens (including phenoxy) is 1. The minimum Gasteiger partial charge on any atom is -0.378 e. The lowest BCUT2D eigenvalue weighted by Crippen LogP contribution is -2.40. The Bertz CT molecular complexity index is 1230. The maximum atomic E-state index is 12.4. The van der Waals surface area contributed by atoms with E-state index in [1.165, 1.54) is 7.05 Å². The first kappa shape index (κ1) is 25.0. The molecule has 0 unspecified atom stereocenters. The quantitative estimate of drug-likeness (QED) is 0.618. The summed E-state index contributed by atoms with van der Waals surface area (Å²) in [6.45, 7) is 4.82. The highest BCUT2D eigenvalue weighted by Crippen LogP contribution is 2.28. The maximum absolute atomic E-state index is 12.4. The molecule has 34 heavy (non-hydrogen) atoms. The monoisotopic (exact) mass is 478 g/mol. The van der Waals surface area contributed by atoms with Crippen LogP contribution >= 0.6 is 0 Å². The van der Waals surface area contributed by atoms with Gasteiger partial charge in [-0.05, 0) is 19.1 Å². The molecule has 0 bridgehead atoms. The van der Waals surface area contributed by atoms with Gasteiger partial charge in [-0.3, -0.25) is 19.3 Å². The predicted octanol–water partition coefficient (Wildman–Crippen LogP) is 2.13. The molecule has 0 saturated carbocycles. The largest absolute Gasteiger partial charge is 0.435 e. The average Bonchev–Trinajstić information content (AvgIpc) is 3.20. The first-order valence-corrected chi connectivity index (χ1v) is 10.4. The van der Waals surface area contributed by atoms with Crippen LogP contribution in [0.15, 0.2) is 41.5 Å². The van der Waals surface area contributed by atoms with Crippen LogP contribution in [0.5, 0.6) is 0 Å². The van der Waals surface area contributed by atoms with Crippen LogP contribution in [0.4, 0.5) is 18.9 Å². The molecular weight excluding hydrogens is 453 g/mol. The first-order chi connectivity index (χ1) is 16.0. The van der Waals surface area contributed by atoms with Gasteiger partial charge in [0.05, 0.1) is 13.2 Å². The second-order valence-electron chi connectivity index (χ2n) is 7.67. The number of aryl methyl sites for hydroxylation is 3. The van der Waals surface area contributed by atoms with Crippen LogP contribution in [0.2, 0.25) is 0 Å². The van der Waals surface area contributed by atoms with Crippen molar-refractivity contribution in [2.75, 3.05) is 31.2 Å². The van der Waals surface area contributed by atoms with E-state index in [1.807, 2.05) is 31.3 Å². The van der Waals surface area contributed by atoms with Crippen molar-refractivity contribution in [1.29, 1.82) is 0 Å². The minimum atomic E-state index is -4.55. The van der Waals surface area contributed by atoms with E-state index in [9.17, 15) is 22.8 Å². The van der Waals surface area contributed by atoms with Crippen molar-refractivity contribution in [1.82, 2.24) is 19.3 Å². The molecule has 4 heterocycles. The van der Waals surface area contributed by atoms with Gasteiger partial charge in [-0.25, -0.2) is 0 Å². The summed E-state index contributed by atoms with van der Waals surface area (Å²) in [7, 11) is 3.01. The van der Waals surface area contributed by atoms with E-state index in [-0.39, 0.29) is 11.3 Å². The average molecular weight is 478 g/mol.